The number of fused-ring (bicyclic) bond motifs is 1. The SMILES string of the molecule is CCOC(=O)C1=C(c2ccccc2)N=C2SC=C(CC(=O)NCC3CC3)N2C1c1ccccc1Cl. The van der Waals surface area contributed by atoms with E-state index in [1.54, 1.807) is 6.92 Å². The summed E-state index contributed by atoms with van der Waals surface area (Å²) >= 11 is 8.13. The van der Waals surface area contributed by atoms with Crippen LogP contribution in [0.25, 0.3) is 5.70 Å². The van der Waals surface area contributed by atoms with E-state index < -0.39 is 12.0 Å². The van der Waals surface area contributed by atoms with Gasteiger partial charge < -0.3 is 15.0 Å². The molecule has 180 valence electrons. The maximum atomic E-state index is 13.5. The standard InChI is InChI=1S/C27H26ClN3O3S/c1-2-34-26(33)23-24(18-8-4-3-5-9-18)30-27-31(25(23)20-10-6-7-11-21(20)28)19(16-35-27)14-22(32)29-15-17-12-13-17/h3-11,16-17,25H,2,12-15H2,1H3,(H,29,32). The van der Waals surface area contributed by atoms with E-state index in [0.717, 1.165) is 16.8 Å². The van der Waals surface area contributed by atoms with Crippen molar-refractivity contribution in [1.29, 1.82) is 0 Å². The highest BCUT2D eigenvalue weighted by atomic mass is 35.5. The van der Waals surface area contributed by atoms with Crippen molar-refractivity contribution in [2.24, 2.45) is 10.9 Å². The van der Waals surface area contributed by atoms with Crippen molar-refractivity contribution in [1.82, 2.24) is 10.2 Å². The van der Waals surface area contributed by atoms with Crippen LogP contribution >= 0.6 is 23.4 Å². The fourth-order valence-electron chi connectivity index (χ4n) is 4.29. The zero-order chi connectivity index (χ0) is 24.4. The molecule has 0 spiro atoms. The predicted octanol–water partition coefficient (Wildman–Crippen LogP) is 5.53. The average Bonchev–Trinajstić information content (AvgIpc) is 3.62. The lowest BCUT2D eigenvalue weighted by Gasteiger charge is -2.37. The van der Waals surface area contributed by atoms with Crippen molar-refractivity contribution in [3.8, 4) is 0 Å². The molecule has 8 heteroatoms. The van der Waals surface area contributed by atoms with Crippen LogP contribution in [0, 0.1) is 5.92 Å². The lowest BCUT2D eigenvalue weighted by atomic mass is 9.91. The fraction of sp³-hybridized carbons (Fsp3) is 0.296. The van der Waals surface area contributed by atoms with Crippen LogP contribution in [0.3, 0.4) is 0 Å². The van der Waals surface area contributed by atoms with E-state index in [-0.39, 0.29) is 18.9 Å². The van der Waals surface area contributed by atoms with E-state index in [0.29, 0.717) is 33.9 Å². The lowest BCUT2D eigenvalue weighted by Crippen LogP contribution is -2.38. The first-order valence-electron chi connectivity index (χ1n) is 11.8. The number of hydrogen-bond acceptors (Lipinski definition) is 6. The number of halogens is 1. The number of carbonyl (C=O) groups is 2. The number of benzene rings is 2. The Morgan fingerprint density at radius 2 is 1.89 bits per heavy atom. The number of aliphatic imine (C=N–C) groups is 1. The number of amidine groups is 1. The van der Waals surface area contributed by atoms with Gasteiger partial charge in [0.2, 0.25) is 5.91 Å². The predicted molar refractivity (Wildman–Crippen MR) is 139 cm³/mol. The Morgan fingerprint density at radius 3 is 2.60 bits per heavy atom. The van der Waals surface area contributed by atoms with Crippen LogP contribution < -0.4 is 5.32 Å². The van der Waals surface area contributed by atoms with Gasteiger partial charge in [-0.3, -0.25) is 4.79 Å². The Morgan fingerprint density at radius 1 is 1.14 bits per heavy atom. The highest BCUT2D eigenvalue weighted by molar-refractivity contribution is 8.16. The molecule has 1 amide bonds. The Bertz CT molecular complexity index is 1240. The van der Waals surface area contributed by atoms with Gasteiger partial charge in [0.15, 0.2) is 5.17 Å². The molecule has 0 bridgehead atoms. The molecule has 2 aromatic rings. The molecule has 5 rings (SSSR count). The van der Waals surface area contributed by atoms with Gasteiger partial charge in [0.25, 0.3) is 0 Å². The number of amides is 1. The summed E-state index contributed by atoms with van der Waals surface area (Å²) in [6.45, 7) is 2.72. The molecule has 0 radical (unpaired) electrons. The minimum absolute atomic E-state index is 0.0431. The first kappa shape index (κ1) is 23.7. The van der Waals surface area contributed by atoms with Crippen molar-refractivity contribution in [3.05, 3.63) is 87.4 Å². The molecule has 2 aliphatic heterocycles. The van der Waals surface area contributed by atoms with Gasteiger partial charge in [-0.15, -0.1) is 0 Å². The van der Waals surface area contributed by atoms with Gasteiger partial charge >= 0.3 is 5.97 Å². The number of carbonyl (C=O) groups excluding carboxylic acids is 2. The molecule has 2 aromatic carbocycles. The van der Waals surface area contributed by atoms with Gasteiger partial charge in [0, 0.05) is 22.8 Å². The van der Waals surface area contributed by atoms with E-state index in [4.69, 9.17) is 21.3 Å². The topological polar surface area (TPSA) is 71.0 Å². The largest absolute Gasteiger partial charge is 0.463 e. The monoisotopic (exact) mass is 507 g/mol. The molecule has 2 heterocycles. The summed E-state index contributed by atoms with van der Waals surface area (Å²) in [6.07, 6.45) is 2.54. The molecule has 6 nitrogen and oxygen atoms in total. The third-order valence-electron chi connectivity index (χ3n) is 6.18. The first-order valence-corrected chi connectivity index (χ1v) is 13.0. The third kappa shape index (κ3) is 5.02. The molecule has 0 aromatic heterocycles. The number of ether oxygens (including phenoxy) is 1. The van der Waals surface area contributed by atoms with E-state index in [9.17, 15) is 9.59 Å². The second kappa shape index (κ2) is 10.3. The molecule has 1 atom stereocenters. The second-order valence-electron chi connectivity index (χ2n) is 8.69. The maximum absolute atomic E-state index is 13.5. The van der Waals surface area contributed by atoms with Gasteiger partial charge in [-0.2, -0.15) is 0 Å². The molecule has 35 heavy (non-hydrogen) atoms. The lowest BCUT2D eigenvalue weighted by molar-refractivity contribution is -0.139. The molecule has 1 N–H and O–H groups in total. The van der Waals surface area contributed by atoms with E-state index in [2.05, 4.69) is 5.32 Å². The fourth-order valence-corrected chi connectivity index (χ4v) is 5.44. The van der Waals surface area contributed by atoms with Crippen LogP contribution in [-0.2, 0) is 14.3 Å². The van der Waals surface area contributed by atoms with Gasteiger partial charge in [-0.25, -0.2) is 9.79 Å². The number of nitrogens with one attached hydrogen (secondary N) is 1. The smallest absolute Gasteiger partial charge is 0.338 e. The number of rotatable bonds is 8. The van der Waals surface area contributed by atoms with Crippen molar-refractivity contribution in [2.45, 2.75) is 32.2 Å². The van der Waals surface area contributed by atoms with E-state index in [1.165, 1.54) is 24.6 Å². The Kier molecular flexibility index (Phi) is 6.97. The normalized spacial score (nSPS) is 19.1. The summed E-state index contributed by atoms with van der Waals surface area (Å²) in [6, 6.07) is 16.5. The van der Waals surface area contributed by atoms with E-state index in [1.807, 2.05) is 64.9 Å². The molecule has 0 saturated heterocycles. The summed E-state index contributed by atoms with van der Waals surface area (Å²) in [5, 5.41) is 6.21. The van der Waals surface area contributed by atoms with Crippen molar-refractivity contribution < 1.29 is 14.3 Å². The van der Waals surface area contributed by atoms with E-state index >= 15 is 0 Å². The molecule has 3 aliphatic rings. The van der Waals surface area contributed by atoms with Gasteiger partial charge in [-0.05, 0) is 42.7 Å². The Labute approximate surface area is 214 Å². The van der Waals surface area contributed by atoms with Crippen LogP contribution in [0.1, 0.15) is 43.4 Å². The number of nitrogens with zero attached hydrogens (tertiary/aromatic N) is 2. The van der Waals surface area contributed by atoms with Crippen molar-refractivity contribution in [3.63, 3.8) is 0 Å². The van der Waals surface area contributed by atoms with Crippen molar-refractivity contribution in [2.75, 3.05) is 13.2 Å². The summed E-state index contributed by atoms with van der Waals surface area (Å²) in [5.41, 5.74) is 3.31. The molecule has 1 fully saturated rings. The summed E-state index contributed by atoms with van der Waals surface area (Å²) in [4.78, 5) is 33.1. The van der Waals surface area contributed by atoms with Crippen LogP contribution in [0.15, 0.2) is 76.3 Å². The summed E-state index contributed by atoms with van der Waals surface area (Å²) in [7, 11) is 0. The molecule has 1 aliphatic carbocycles. The average molecular weight is 508 g/mol. The number of thioether (sulfide) groups is 1. The van der Waals surface area contributed by atoms with Gasteiger partial charge in [0.1, 0.15) is 0 Å². The van der Waals surface area contributed by atoms with Crippen LogP contribution in [0.4, 0.5) is 0 Å². The second-order valence-corrected chi connectivity index (χ2v) is 9.93. The zero-order valence-electron chi connectivity index (χ0n) is 19.4. The molecular weight excluding hydrogens is 482 g/mol. The van der Waals surface area contributed by atoms with Crippen molar-refractivity contribution >= 4 is 46.1 Å². The Balaban J connectivity index is 1.60. The van der Waals surface area contributed by atoms with Gasteiger partial charge in [0.05, 0.1) is 30.3 Å². The number of hydrogen-bond donors (Lipinski definition) is 1. The first-order chi connectivity index (χ1) is 17.1. The highest BCUT2D eigenvalue weighted by Gasteiger charge is 2.43. The minimum atomic E-state index is -0.581. The zero-order valence-corrected chi connectivity index (χ0v) is 20.9. The van der Waals surface area contributed by atoms with Gasteiger partial charge in [-0.1, -0.05) is 71.9 Å². The quantitative estimate of drug-likeness (QED) is 0.475. The molecule has 1 saturated carbocycles. The third-order valence-corrected chi connectivity index (χ3v) is 7.41. The summed E-state index contributed by atoms with van der Waals surface area (Å²) in [5.74, 6) is 0.104. The molecule has 1 unspecified atom stereocenters. The highest BCUT2D eigenvalue weighted by Crippen LogP contribution is 2.48. The Hall–Kier alpha value is -3.03. The number of esters is 1. The van der Waals surface area contributed by atoms with Crippen LogP contribution in [0.2, 0.25) is 5.02 Å². The van der Waals surface area contributed by atoms with Crippen LogP contribution in [-0.4, -0.2) is 35.1 Å². The maximum Gasteiger partial charge on any atom is 0.338 e. The summed E-state index contributed by atoms with van der Waals surface area (Å²) < 4.78 is 5.52. The molecular formula is C27H26ClN3O3S. The minimum Gasteiger partial charge on any atom is -0.463 e. The van der Waals surface area contributed by atoms with Crippen LogP contribution in [0.5, 0.6) is 0 Å².